The molecule has 1 heterocycles. The second-order valence-corrected chi connectivity index (χ2v) is 6.08. The highest BCUT2D eigenvalue weighted by Crippen LogP contribution is 2.26. The van der Waals surface area contributed by atoms with Crippen molar-refractivity contribution in [2.75, 3.05) is 10.6 Å². The Morgan fingerprint density at radius 1 is 1.11 bits per heavy atom. The standard InChI is InChI=1S/C20H17FN4O3/c1-13(23-19-18(25(27)28)3-2-12-22-19)14-6-10-17(11-7-14)24-20(26)15-4-8-16(21)9-5-15/h2-13H,1H3,(H,22,23)(H,24,26)/t13-/m1/s1. The molecule has 0 bridgehead atoms. The summed E-state index contributed by atoms with van der Waals surface area (Å²) in [5, 5.41) is 16.8. The first-order valence-electron chi connectivity index (χ1n) is 8.47. The molecule has 0 unspecified atom stereocenters. The Hall–Kier alpha value is -3.81. The number of amides is 1. The molecule has 0 saturated carbocycles. The molecule has 0 fully saturated rings. The Morgan fingerprint density at radius 2 is 1.79 bits per heavy atom. The smallest absolute Gasteiger partial charge is 0.311 e. The van der Waals surface area contributed by atoms with Gasteiger partial charge in [-0.25, -0.2) is 9.37 Å². The zero-order chi connectivity index (χ0) is 20.1. The van der Waals surface area contributed by atoms with Crippen LogP contribution >= 0.6 is 0 Å². The van der Waals surface area contributed by atoms with Crippen LogP contribution in [0.1, 0.15) is 28.9 Å². The maximum absolute atomic E-state index is 12.9. The van der Waals surface area contributed by atoms with Crippen molar-refractivity contribution in [1.82, 2.24) is 4.98 Å². The van der Waals surface area contributed by atoms with Crippen LogP contribution in [0.15, 0.2) is 66.9 Å². The predicted molar refractivity (Wildman–Crippen MR) is 104 cm³/mol. The Morgan fingerprint density at radius 3 is 2.43 bits per heavy atom. The summed E-state index contributed by atoms with van der Waals surface area (Å²) in [5.41, 5.74) is 1.69. The molecular formula is C20H17FN4O3. The van der Waals surface area contributed by atoms with Gasteiger partial charge in [0, 0.05) is 23.5 Å². The molecule has 1 amide bonds. The van der Waals surface area contributed by atoms with E-state index in [9.17, 15) is 19.3 Å². The van der Waals surface area contributed by atoms with Crippen LogP contribution in [0.3, 0.4) is 0 Å². The number of carbonyl (C=O) groups is 1. The number of pyridine rings is 1. The first kappa shape index (κ1) is 19.0. The maximum atomic E-state index is 12.9. The van der Waals surface area contributed by atoms with Crippen LogP contribution in [0, 0.1) is 15.9 Å². The molecule has 0 aliphatic rings. The molecule has 0 aliphatic carbocycles. The number of aromatic nitrogens is 1. The van der Waals surface area contributed by atoms with Crippen molar-refractivity contribution < 1.29 is 14.1 Å². The van der Waals surface area contributed by atoms with E-state index >= 15 is 0 Å². The summed E-state index contributed by atoms with van der Waals surface area (Å²) in [6.45, 7) is 1.85. The molecule has 2 N–H and O–H groups in total. The van der Waals surface area contributed by atoms with E-state index in [1.54, 1.807) is 24.3 Å². The fraction of sp³-hybridized carbons (Fsp3) is 0.100. The van der Waals surface area contributed by atoms with Gasteiger partial charge in [0.1, 0.15) is 5.82 Å². The number of rotatable bonds is 6. The monoisotopic (exact) mass is 380 g/mol. The van der Waals surface area contributed by atoms with Gasteiger partial charge in [-0.3, -0.25) is 14.9 Å². The molecule has 7 nitrogen and oxygen atoms in total. The Labute approximate surface area is 160 Å². The molecule has 2 aromatic carbocycles. The highest BCUT2D eigenvalue weighted by atomic mass is 19.1. The lowest BCUT2D eigenvalue weighted by atomic mass is 10.1. The van der Waals surface area contributed by atoms with Crippen molar-refractivity contribution in [2.24, 2.45) is 0 Å². The summed E-state index contributed by atoms with van der Waals surface area (Å²) < 4.78 is 12.9. The summed E-state index contributed by atoms with van der Waals surface area (Å²) in [7, 11) is 0. The van der Waals surface area contributed by atoms with Gasteiger partial charge < -0.3 is 10.6 Å². The SMILES string of the molecule is C[C@@H](Nc1ncccc1[N+](=O)[O-])c1ccc(NC(=O)c2ccc(F)cc2)cc1. The first-order chi connectivity index (χ1) is 13.4. The van der Waals surface area contributed by atoms with Crippen LogP contribution in [0.2, 0.25) is 0 Å². The third-order valence-corrected chi connectivity index (χ3v) is 4.11. The third kappa shape index (κ3) is 4.47. The number of nitro groups is 1. The van der Waals surface area contributed by atoms with Crippen LogP contribution in [0.5, 0.6) is 0 Å². The van der Waals surface area contributed by atoms with Gasteiger partial charge in [0.25, 0.3) is 5.91 Å². The zero-order valence-electron chi connectivity index (χ0n) is 14.9. The van der Waals surface area contributed by atoms with Crippen molar-refractivity contribution in [3.05, 3.63) is 93.9 Å². The Kier molecular flexibility index (Phi) is 5.59. The topological polar surface area (TPSA) is 97.2 Å². The van der Waals surface area contributed by atoms with Gasteiger partial charge >= 0.3 is 5.69 Å². The highest BCUT2D eigenvalue weighted by Gasteiger charge is 2.16. The summed E-state index contributed by atoms with van der Waals surface area (Å²) in [6.07, 6.45) is 1.48. The molecule has 8 heteroatoms. The molecular weight excluding hydrogens is 363 g/mol. The van der Waals surface area contributed by atoms with Gasteiger partial charge in [-0.2, -0.15) is 0 Å². The third-order valence-electron chi connectivity index (χ3n) is 4.11. The van der Waals surface area contributed by atoms with E-state index in [0.29, 0.717) is 11.3 Å². The zero-order valence-corrected chi connectivity index (χ0v) is 14.9. The summed E-state index contributed by atoms with van der Waals surface area (Å²) in [5.74, 6) is -0.563. The highest BCUT2D eigenvalue weighted by molar-refractivity contribution is 6.04. The van der Waals surface area contributed by atoms with Crippen molar-refractivity contribution >= 4 is 23.1 Å². The van der Waals surface area contributed by atoms with Crippen molar-refractivity contribution in [3.8, 4) is 0 Å². The van der Waals surface area contributed by atoms with Gasteiger partial charge in [-0.15, -0.1) is 0 Å². The molecule has 3 rings (SSSR count). The molecule has 0 spiro atoms. The lowest BCUT2D eigenvalue weighted by Crippen LogP contribution is -2.12. The number of halogens is 1. The summed E-state index contributed by atoms with van der Waals surface area (Å²) in [4.78, 5) is 26.8. The number of hydrogen-bond donors (Lipinski definition) is 2. The average molecular weight is 380 g/mol. The van der Waals surface area contributed by atoms with Gasteiger partial charge in [0.15, 0.2) is 0 Å². The Balaban J connectivity index is 1.68. The van der Waals surface area contributed by atoms with Crippen LogP contribution in [0.4, 0.5) is 21.6 Å². The first-order valence-corrected chi connectivity index (χ1v) is 8.47. The fourth-order valence-electron chi connectivity index (χ4n) is 2.60. The van der Waals surface area contributed by atoms with Gasteiger partial charge in [-0.05, 0) is 55.0 Å². The number of hydrogen-bond acceptors (Lipinski definition) is 5. The van der Waals surface area contributed by atoms with Crippen molar-refractivity contribution in [3.63, 3.8) is 0 Å². The van der Waals surface area contributed by atoms with Gasteiger partial charge in [0.05, 0.1) is 11.0 Å². The molecule has 0 radical (unpaired) electrons. The number of nitrogens with zero attached hydrogens (tertiary/aromatic N) is 2. The van der Waals surface area contributed by atoms with Gasteiger partial charge in [0.2, 0.25) is 5.82 Å². The fourth-order valence-corrected chi connectivity index (χ4v) is 2.60. The van der Waals surface area contributed by atoms with E-state index in [1.807, 2.05) is 6.92 Å². The molecule has 0 saturated heterocycles. The van der Waals surface area contributed by atoms with E-state index in [1.165, 1.54) is 42.6 Å². The minimum Gasteiger partial charge on any atom is -0.358 e. The molecule has 1 atom stereocenters. The largest absolute Gasteiger partial charge is 0.358 e. The normalized spacial score (nSPS) is 11.5. The molecule has 1 aromatic heterocycles. The van der Waals surface area contributed by atoms with E-state index in [-0.39, 0.29) is 23.5 Å². The molecule has 0 aliphatic heterocycles. The van der Waals surface area contributed by atoms with E-state index in [4.69, 9.17) is 0 Å². The number of anilines is 2. The van der Waals surface area contributed by atoms with Crippen molar-refractivity contribution in [2.45, 2.75) is 13.0 Å². The van der Waals surface area contributed by atoms with Crippen molar-refractivity contribution in [1.29, 1.82) is 0 Å². The van der Waals surface area contributed by atoms with E-state index in [0.717, 1.165) is 5.56 Å². The van der Waals surface area contributed by atoms with Crippen LogP contribution in [-0.4, -0.2) is 15.8 Å². The molecule has 3 aromatic rings. The minimum atomic E-state index is -0.490. The second-order valence-electron chi connectivity index (χ2n) is 6.08. The maximum Gasteiger partial charge on any atom is 0.311 e. The molecule has 142 valence electrons. The lowest BCUT2D eigenvalue weighted by molar-refractivity contribution is -0.384. The second kappa shape index (κ2) is 8.26. The minimum absolute atomic E-state index is 0.0995. The summed E-state index contributed by atoms with van der Waals surface area (Å²) in [6, 6.07) is 15.0. The molecule has 28 heavy (non-hydrogen) atoms. The lowest BCUT2D eigenvalue weighted by Gasteiger charge is -2.15. The summed E-state index contributed by atoms with van der Waals surface area (Å²) >= 11 is 0. The quantitative estimate of drug-likeness (QED) is 0.483. The van der Waals surface area contributed by atoms with Crippen LogP contribution in [-0.2, 0) is 0 Å². The number of nitrogens with one attached hydrogen (secondary N) is 2. The predicted octanol–water partition coefficient (Wildman–Crippen LogP) is 4.55. The van der Waals surface area contributed by atoms with Crippen LogP contribution in [0.25, 0.3) is 0 Å². The average Bonchev–Trinajstić information content (AvgIpc) is 2.69. The van der Waals surface area contributed by atoms with Gasteiger partial charge in [-0.1, -0.05) is 12.1 Å². The van der Waals surface area contributed by atoms with E-state index < -0.39 is 10.7 Å². The number of benzene rings is 2. The Bertz CT molecular complexity index is 991. The van der Waals surface area contributed by atoms with E-state index in [2.05, 4.69) is 15.6 Å². The van der Waals surface area contributed by atoms with Crippen LogP contribution < -0.4 is 10.6 Å². The number of carbonyl (C=O) groups excluding carboxylic acids is 1.